The van der Waals surface area contributed by atoms with Crippen LogP contribution in [0, 0.1) is 0 Å². The SMILES string of the molecule is COC(=O)C1CCN1c1ccc(Cl)cc1Cl. The Labute approximate surface area is 104 Å². The highest BCUT2D eigenvalue weighted by Gasteiger charge is 2.35. The van der Waals surface area contributed by atoms with E-state index in [-0.39, 0.29) is 12.0 Å². The Kier molecular flexibility index (Phi) is 3.26. The molecule has 0 aliphatic carbocycles. The summed E-state index contributed by atoms with van der Waals surface area (Å²) in [5.74, 6) is -0.225. The molecule has 5 heteroatoms. The third kappa shape index (κ3) is 1.97. The molecule has 2 rings (SSSR count). The van der Waals surface area contributed by atoms with E-state index < -0.39 is 0 Å². The first kappa shape index (κ1) is 11.6. The number of methoxy groups -OCH3 is 1. The van der Waals surface area contributed by atoms with Gasteiger partial charge in [-0.05, 0) is 24.6 Å². The Hall–Kier alpha value is -0.930. The minimum atomic E-state index is -0.225. The van der Waals surface area contributed by atoms with Crippen LogP contribution in [0.25, 0.3) is 0 Å². The molecule has 0 spiro atoms. The molecule has 1 aromatic carbocycles. The number of rotatable bonds is 2. The van der Waals surface area contributed by atoms with E-state index in [9.17, 15) is 4.79 Å². The van der Waals surface area contributed by atoms with E-state index in [1.165, 1.54) is 7.11 Å². The third-order valence-corrected chi connectivity index (χ3v) is 3.25. The number of ether oxygens (including phenoxy) is 1. The first-order valence-corrected chi connectivity index (χ1v) is 5.68. The Morgan fingerprint density at radius 2 is 2.25 bits per heavy atom. The van der Waals surface area contributed by atoms with E-state index >= 15 is 0 Å². The molecule has 0 N–H and O–H groups in total. The summed E-state index contributed by atoms with van der Waals surface area (Å²) in [5.41, 5.74) is 0.827. The van der Waals surface area contributed by atoms with Gasteiger partial charge in [0.15, 0.2) is 0 Å². The lowest BCUT2D eigenvalue weighted by atomic mass is 10.0. The molecule has 1 unspecified atom stereocenters. The van der Waals surface area contributed by atoms with Gasteiger partial charge in [-0.3, -0.25) is 0 Å². The number of carbonyl (C=O) groups excluding carboxylic acids is 1. The smallest absolute Gasteiger partial charge is 0.328 e. The summed E-state index contributed by atoms with van der Waals surface area (Å²) in [7, 11) is 1.39. The molecule has 0 radical (unpaired) electrons. The van der Waals surface area contributed by atoms with Crippen LogP contribution in [0.5, 0.6) is 0 Å². The molecule has 3 nitrogen and oxygen atoms in total. The van der Waals surface area contributed by atoms with Crippen molar-refractivity contribution in [2.75, 3.05) is 18.6 Å². The second-order valence-corrected chi connectivity index (χ2v) is 4.46. The molecular formula is C11H11Cl2NO2. The molecule has 0 aromatic heterocycles. The van der Waals surface area contributed by atoms with Gasteiger partial charge in [-0.2, -0.15) is 0 Å². The van der Waals surface area contributed by atoms with Crippen LogP contribution in [0.4, 0.5) is 5.69 Å². The van der Waals surface area contributed by atoms with Gasteiger partial charge in [-0.25, -0.2) is 4.79 Å². The van der Waals surface area contributed by atoms with Crippen molar-refractivity contribution >= 4 is 34.9 Å². The predicted octanol–water partition coefficient (Wildman–Crippen LogP) is 2.75. The Bertz CT molecular complexity index is 422. The van der Waals surface area contributed by atoms with Crippen LogP contribution in [0.2, 0.25) is 10.0 Å². The highest BCUT2D eigenvalue weighted by Crippen LogP contribution is 2.34. The lowest BCUT2D eigenvalue weighted by Crippen LogP contribution is -2.53. The standard InChI is InChI=1S/C11H11Cl2NO2/c1-16-11(15)10-4-5-14(10)9-3-2-7(12)6-8(9)13/h2-3,6,10H,4-5H2,1H3. The third-order valence-electron chi connectivity index (χ3n) is 2.71. The van der Waals surface area contributed by atoms with Crippen molar-refractivity contribution in [2.45, 2.75) is 12.5 Å². The summed E-state index contributed by atoms with van der Waals surface area (Å²) in [6, 6.07) is 5.03. The summed E-state index contributed by atoms with van der Waals surface area (Å²) in [5, 5.41) is 1.14. The first-order valence-electron chi connectivity index (χ1n) is 4.93. The molecule has 1 aromatic rings. The summed E-state index contributed by atoms with van der Waals surface area (Å²) >= 11 is 11.9. The average molecular weight is 260 g/mol. The summed E-state index contributed by atoms with van der Waals surface area (Å²) < 4.78 is 4.72. The van der Waals surface area contributed by atoms with E-state index in [4.69, 9.17) is 27.9 Å². The Morgan fingerprint density at radius 3 is 2.75 bits per heavy atom. The maximum atomic E-state index is 11.4. The van der Waals surface area contributed by atoms with Crippen LogP contribution in [0.1, 0.15) is 6.42 Å². The van der Waals surface area contributed by atoms with Crippen LogP contribution >= 0.6 is 23.2 Å². The van der Waals surface area contributed by atoms with E-state index in [0.29, 0.717) is 10.0 Å². The molecule has 1 aliphatic heterocycles. The monoisotopic (exact) mass is 259 g/mol. The number of carbonyl (C=O) groups is 1. The topological polar surface area (TPSA) is 29.5 Å². The zero-order valence-electron chi connectivity index (χ0n) is 8.74. The lowest BCUT2D eigenvalue weighted by molar-refractivity contribution is -0.143. The largest absolute Gasteiger partial charge is 0.467 e. The number of hydrogen-bond acceptors (Lipinski definition) is 3. The highest BCUT2D eigenvalue weighted by atomic mass is 35.5. The highest BCUT2D eigenvalue weighted by molar-refractivity contribution is 6.36. The van der Waals surface area contributed by atoms with Crippen molar-refractivity contribution in [2.24, 2.45) is 0 Å². The fraction of sp³-hybridized carbons (Fsp3) is 0.364. The fourth-order valence-corrected chi connectivity index (χ4v) is 2.29. The molecule has 0 bridgehead atoms. The van der Waals surface area contributed by atoms with Gasteiger partial charge in [0.25, 0.3) is 0 Å². The minimum absolute atomic E-state index is 0.219. The van der Waals surface area contributed by atoms with Gasteiger partial charge in [-0.1, -0.05) is 23.2 Å². The van der Waals surface area contributed by atoms with Crippen molar-refractivity contribution in [1.29, 1.82) is 0 Å². The van der Waals surface area contributed by atoms with Crippen molar-refractivity contribution < 1.29 is 9.53 Å². The van der Waals surface area contributed by atoms with Crippen LogP contribution in [0.3, 0.4) is 0 Å². The molecule has 86 valence electrons. The second-order valence-electron chi connectivity index (χ2n) is 3.62. The van der Waals surface area contributed by atoms with Crippen LogP contribution in [-0.2, 0) is 9.53 Å². The minimum Gasteiger partial charge on any atom is -0.467 e. The molecule has 1 aliphatic rings. The number of halogens is 2. The van der Waals surface area contributed by atoms with Crippen LogP contribution < -0.4 is 4.90 Å². The first-order chi connectivity index (χ1) is 7.63. The van der Waals surface area contributed by atoms with E-state index in [0.717, 1.165) is 18.7 Å². The summed E-state index contributed by atoms with van der Waals surface area (Å²) in [6.45, 7) is 0.807. The van der Waals surface area contributed by atoms with Gasteiger partial charge >= 0.3 is 5.97 Å². The van der Waals surface area contributed by atoms with Crippen LogP contribution in [-0.4, -0.2) is 25.7 Å². The number of esters is 1. The lowest BCUT2D eigenvalue weighted by Gasteiger charge is -2.41. The van der Waals surface area contributed by atoms with E-state index in [1.807, 2.05) is 11.0 Å². The van der Waals surface area contributed by atoms with Gasteiger partial charge in [0.2, 0.25) is 0 Å². The van der Waals surface area contributed by atoms with Crippen LogP contribution in [0.15, 0.2) is 18.2 Å². The zero-order valence-corrected chi connectivity index (χ0v) is 10.3. The molecule has 1 heterocycles. The molecule has 0 amide bonds. The van der Waals surface area contributed by atoms with Gasteiger partial charge in [0.05, 0.1) is 17.8 Å². The van der Waals surface area contributed by atoms with Crippen molar-refractivity contribution in [3.8, 4) is 0 Å². The quantitative estimate of drug-likeness (QED) is 0.766. The number of benzene rings is 1. The van der Waals surface area contributed by atoms with E-state index in [1.54, 1.807) is 12.1 Å². The van der Waals surface area contributed by atoms with Gasteiger partial charge in [0.1, 0.15) is 6.04 Å². The summed E-state index contributed by atoms with van der Waals surface area (Å²) in [4.78, 5) is 13.3. The molecular weight excluding hydrogens is 249 g/mol. The second kappa shape index (κ2) is 4.52. The maximum absolute atomic E-state index is 11.4. The molecule has 1 saturated heterocycles. The predicted molar refractivity (Wildman–Crippen MR) is 64.2 cm³/mol. The number of anilines is 1. The van der Waals surface area contributed by atoms with Crippen molar-refractivity contribution in [3.05, 3.63) is 28.2 Å². The van der Waals surface area contributed by atoms with Gasteiger partial charge in [0, 0.05) is 11.6 Å². The molecule has 16 heavy (non-hydrogen) atoms. The summed E-state index contributed by atoms with van der Waals surface area (Å²) in [6.07, 6.45) is 0.797. The van der Waals surface area contributed by atoms with Crippen molar-refractivity contribution in [3.63, 3.8) is 0 Å². The van der Waals surface area contributed by atoms with E-state index in [2.05, 4.69) is 0 Å². The molecule has 1 fully saturated rings. The number of hydrogen-bond donors (Lipinski definition) is 0. The maximum Gasteiger partial charge on any atom is 0.328 e. The van der Waals surface area contributed by atoms with Gasteiger partial charge in [-0.15, -0.1) is 0 Å². The number of nitrogens with zero attached hydrogens (tertiary/aromatic N) is 1. The molecule has 1 atom stereocenters. The Morgan fingerprint density at radius 1 is 1.50 bits per heavy atom. The van der Waals surface area contributed by atoms with Gasteiger partial charge < -0.3 is 9.64 Å². The average Bonchev–Trinajstić information content (AvgIpc) is 2.20. The Balaban J connectivity index is 2.22. The normalized spacial score (nSPS) is 19.2. The zero-order chi connectivity index (χ0) is 11.7. The fourth-order valence-electron chi connectivity index (χ4n) is 1.77. The molecule has 0 saturated carbocycles. The van der Waals surface area contributed by atoms with Crippen molar-refractivity contribution in [1.82, 2.24) is 0 Å².